The molecule has 0 aliphatic heterocycles. The Kier molecular flexibility index (Phi) is 22.5. The number of unbranched alkanes of at least 4 members (excludes halogenated alkanes) is 10. The second-order valence-corrected chi connectivity index (χ2v) is 9.86. The van der Waals surface area contributed by atoms with Gasteiger partial charge in [-0.1, -0.05) is 104 Å². The third-order valence-corrected chi connectivity index (χ3v) is 5.90. The van der Waals surface area contributed by atoms with Crippen LogP contribution in [0.3, 0.4) is 0 Å². The van der Waals surface area contributed by atoms with Crippen LogP contribution >= 0.6 is 0 Å². The highest BCUT2D eigenvalue weighted by molar-refractivity contribution is 4.75. The van der Waals surface area contributed by atoms with Crippen molar-refractivity contribution in [1.29, 1.82) is 0 Å². The number of allylic oxidation sites excluding steroid dienone is 2. The first-order valence-electron chi connectivity index (χ1n) is 13.1. The normalized spacial score (nSPS) is 12.9. The van der Waals surface area contributed by atoms with Gasteiger partial charge in [0, 0.05) is 6.42 Å². The second kappa shape index (κ2) is 21.6. The smallest absolute Gasteiger partial charge is 0.196 e. The van der Waals surface area contributed by atoms with Crippen molar-refractivity contribution in [2.24, 2.45) is 11.8 Å². The van der Waals surface area contributed by atoms with Crippen LogP contribution in [0.25, 0.3) is 0 Å². The van der Waals surface area contributed by atoms with E-state index in [9.17, 15) is 22.0 Å². The van der Waals surface area contributed by atoms with Crippen LogP contribution in [0, 0.1) is 11.8 Å². The monoisotopic (exact) mass is 482 g/mol. The third-order valence-electron chi connectivity index (χ3n) is 5.90. The van der Waals surface area contributed by atoms with Crippen molar-refractivity contribution in [3.8, 4) is 0 Å². The number of hydrogen-bond acceptors (Lipinski definition) is 0. The van der Waals surface area contributed by atoms with E-state index in [-0.39, 0.29) is 6.42 Å². The van der Waals surface area contributed by atoms with Crippen molar-refractivity contribution in [2.75, 3.05) is 0 Å². The number of halogens is 5. The molecule has 0 spiro atoms. The molecule has 0 aliphatic carbocycles. The fourth-order valence-corrected chi connectivity index (χ4v) is 3.63. The van der Waals surface area contributed by atoms with Crippen molar-refractivity contribution in [3.05, 3.63) is 25.3 Å². The summed E-state index contributed by atoms with van der Waals surface area (Å²) in [6.07, 6.45) is 14.5. The van der Waals surface area contributed by atoms with E-state index in [4.69, 9.17) is 0 Å². The highest BCUT2D eigenvalue weighted by atomic mass is 19.4. The standard InChI is InChI=1S/C17H29F5.C11H22/c1-3-4-5-6-7-9-12-15(2)13-10-8-11-14-16(18,19)17(20,21)22;1-4-5-6-7-8-9-10-11(2)3/h3,15H,1,4-14H2,2H3;4,11H,1,5-10H2,2-3H3. The first-order chi connectivity index (χ1) is 15.5. The zero-order chi connectivity index (χ0) is 25.6. The molecule has 0 bridgehead atoms. The summed E-state index contributed by atoms with van der Waals surface area (Å²) in [5.74, 6) is -3.14. The molecule has 0 saturated carbocycles. The molecular weight excluding hydrogens is 431 g/mol. The number of alkyl halides is 5. The van der Waals surface area contributed by atoms with Gasteiger partial charge in [-0.2, -0.15) is 22.0 Å². The molecule has 33 heavy (non-hydrogen) atoms. The Labute approximate surface area is 201 Å². The third kappa shape index (κ3) is 24.1. The van der Waals surface area contributed by atoms with Crippen molar-refractivity contribution < 1.29 is 22.0 Å². The average Bonchev–Trinajstić information content (AvgIpc) is 2.72. The van der Waals surface area contributed by atoms with Crippen LogP contribution in [-0.4, -0.2) is 12.1 Å². The molecule has 1 unspecified atom stereocenters. The summed E-state index contributed by atoms with van der Waals surface area (Å²) in [6, 6.07) is 0. The fourth-order valence-electron chi connectivity index (χ4n) is 3.63. The molecule has 1 atom stereocenters. The van der Waals surface area contributed by atoms with E-state index in [0.29, 0.717) is 12.3 Å². The summed E-state index contributed by atoms with van der Waals surface area (Å²) in [4.78, 5) is 0. The molecule has 0 aromatic heterocycles. The Hall–Kier alpha value is -0.870. The van der Waals surface area contributed by atoms with Crippen LogP contribution in [0.15, 0.2) is 25.3 Å². The molecule has 0 fully saturated rings. The van der Waals surface area contributed by atoms with Crippen LogP contribution in [0.5, 0.6) is 0 Å². The van der Waals surface area contributed by atoms with Crippen molar-refractivity contribution in [3.63, 3.8) is 0 Å². The first kappa shape index (κ1) is 34.3. The Balaban J connectivity index is 0. The molecule has 0 nitrogen and oxygen atoms in total. The highest BCUT2D eigenvalue weighted by Crippen LogP contribution is 2.39. The molecule has 0 N–H and O–H groups in total. The predicted octanol–water partition coefficient (Wildman–Crippen LogP) is 11.5. The highest BCUT2D eigenvalue weighted by Gasteiger charge is 2.56. The molecule has 0 saturated heterocycles. The molecule has 0 amide bonds. The van der Waals surface area contributed by atoms with E-state index in [1.807, 2.05) is 12.2 Å². The molecule has 0 aromatic carbocycles. The summed E-state index contributed by atoms with van der Waals surface area (Å²) in [7, 11) is 0. The maximum Gasteiger partial charge on any atom is 0.453 e. The van der Waals surface area contributed by atoms with E-state index < -0.39 is 18.5 Å². The van der Waals surface area contributed by atoms with Crippen LogP contribution in [0.4, 0.5) is 22.0 Å². The van der Waals surface area contributed by atoms with Crippen LogP contribution < -0.4 is 0 Å². The number of hydrogen-bond donors (Lipinski definition) is 0. The summed E-state index contributed by atoms with van der Waals surface area (Å²) >= 11 is 0. The van der Waals surface area contributed by atoms with Crippen molar-refractivity contribution in [2.45, 2.75) is 142 Å². The Morgan fingerprint density at radius 1 is 0.576 bits per heavy atom. The summed E-state index contributed by atoms with van der Waals surface area (Å²) in [5, 5.41) is 0. The lowest BCUT2D eigenvalue weighted by Crippen LogP contribution is -2.36. The van der Waals surface area contributed by atoms with Gasteiger partial charge in [0.05, 0.1) is 0 Å². The topological polar surface area (TPSA) is 0 Å². The minimum atomic E-state index is -5.41. The van der Waals surface area contributed by atoms with Gasteiger partial charge in [-0.3, -0.25) is 0 Å². The van der Waals surface area contributed by atoms with E-state index in [0.717, 1.165) is 38.0 Å². The van der Waals surface area contributed by atoms with Crippen LogP contribution in [0.2, 0.25) is 0 Å². The summed E-state index contributed by atoms with van der Waals surface area (Å²) in [5.41, 5.74) is 0. The first-order valence-corrected chi connectivity index (χ1v) is 13.1. The van der Waals surface area contributed by atoms with Gasteiger partial charge in [-0.15, -0.1) is 13.2 Å². The van der Waals surface area contributed by atoms with Gasteiger partial charge < -0.3 is 0 Å². The minimum Gasteiger partial charge on any atom is -0.196 e. The SMILES string of the molecule is C=CCCCCCCC(C)C.C=CCCCCCCC(C)CCCCCC(F)(F)C(F)(F)F. The fraction of sp³-hybridized carbons (Fsp3) is 0.857. The average molecular weight is 483 g/mol. The van der Waals surface area contributed by atoms with E-state index in [1.165, 1.54) is 57.8 Å². The zero-order valence-corrected chi connectivity index (χ0v) is 21.6. The van der Waals surface area contributed by atoms with Gasteiger partial charge in [0.25, 0.3) is 0 Å². The van der Waals surface area contributed by atoms with Gasteiger partial charge in [0.15, 0.2) is 0 Å². The molecule has 0 rings (SSSR count). The molecule has 0 aromatic rings. The molecule has 5 heteroatoms. The van der Waals surface area contributed by atoms with E-state index >= 15 is 0 Å². The molecule has 0 aliphatic rings. The van der Waals surface area contributed by atoms with Crippen molar-refractivity contribution >= 4 is 0 Å². The predicted molar refractivity (Wildman–Crippen MR) is 134 cm³/mol. The summed E-state index contributed by atoms with van der Waals surface area (Å²) in [6.45, 7) is 14.1. The summed E-state index contributed by atoms with van der Waals surface area (Å²) < 4.78 is 61.3. The Morgan fingerprint density at radius 3 is 1.36 bits per heavy atom. The van der Waals surface area contributed by atoms with E-state index in [2.05, 4.69) is 33.9 Å². The molecule has 0 heterocycles. The molecular formula is C28H51F5. The molecule has 198 valence electrons. The second-order valence-electron chi connectivity index (χ2n) is 9.86. The minimum absolute atomic E-state index is 0.0687. The van der Waals surface area contributed by atoms with Crippen molar-refractivity contribution in [1.82, 2.24) is 0 Å². The van der Waals surface area contributed by atoms with Crippen LogP contribution in [-0.2, 0) is 0 Å². The Bertz CT molecular complexity index is 440. The van der Waals surface area contributed by atoms with Gasteiger partial charge in [-0.05, 0) is 43.9 Å². The largest absolute Gasteiger partial charge is 0.453 e. The maximum atomic E-state index is 12.7. The lowest BCUT2D eigenvalue weighted by Gasteiger charge is -2.19. The Morgan fingerprint density at radius 2 is 0.970 bits per heavy atom. The van der Waals surface area contributed by atoms with Crippen LogP contribution in [0.1, 0.15) is 130 Å². The van der Waals surface area contributed by atoms with Gasteiger partial charge in [-0.25, -0.2) is 0 Å². The zero-order valence-electron chi connectivity index (χ0n) is 21.6. The lowest BCUT2D eigenvalue weighted by atomic mass is 9.96. The van der Waals surface area contributed by atoms with Gasteiger partial charge >= 0.3 is 12.1 Å². The lowest BCUT2D eigenvalue weighted by molar-refractivity contribution is -0.284. The maximum absolute atomic E-state index is 12.7. The molecule has 0 radical (unpaired) electrons. The van der Waals surface area contributed by atoms with Gasteiger partial charge in [0.2, 0.25) is 0 Å². The quantitative estimate of drug-likeness (QED) is 0.0919. The van der Waals surface area contributed by atoms with Gasteiger partial charge in [0.1, 0.15) is 0 Å². The number of rotatable bonds is 20. The van der Waals surface area contributed by atoms with E-state index in [1.54, 1.807) is 0 Å².